The molecule has 2 rings (SSSR count). The Morgan fingerprint density at radius 3 is 2.59 bits per heavy atom. The van der Waals surface area contributed by atoms with Crippen molar-refractivity contribution in [2.75, 3.05) is 13.7 Å². The molecule has 1 N–H and O–H groups in total. The summed E-state index contributed by atoms with van der Waals surface area (Å²) in [5.41, 5.74) is 0.979. The summed E-state index contributed by atoms with van der Waals surface area (Å²) in [7, 11) is 1.66. The first-order chi connectivity index (χ1) is 8.24. The average Bonchev–Trinajstić information content (AvgIpc) is 2.37. The molecule has 0 radical (unpaired) electrons. The molecule has 90 valence electrons. The smallest absolute Gasteiger partial charge is 0.0843 e. The van der Waals surface area contributed by atoms with Crippen molar-refractivity contribution in [3.8, 4) is 0 Å². The van der Waals surface area contributed by atoms with Gasteiger partial charge in [0, 0.05) is 13.0 Å². The number of fused-ring (bicyclic) bond motifs is 1. The largest absolute Gasteiger partial charge is 0.388 e. The van der Waals surface area contributed by atoms with Crippen LogP contribution in [0.1, 0.15) is 18.6 Å². The van der Waals surface area contributed by atoms with Crippen LogP contribution in [0, 0.1) is 5.92 Å². The van der Waals surface area contributed by atoms with Crippen molar-refractivity contribution in [2.24, 2.45) is 5.92 Å². The maximum Gasteiger partial charge on any atom is 0.0843 e. The summed E-state index contributed by atoms with van der Waals surface area (Å²) in [6, 6.07) is 14.2. The van der Waals surface area contributed by atoms with Gasteiger partial charge in [0.05, 0.1) is 12.7 Å². The van der Waals surface area contributed by atoms with Gasteiger partial charge in [0.15, 0.2) is 0 Å². The molecule has 0 heterocycles. The number of hydrogen-bond donors (Lipinski definition) is 1. The van der Waals surface area contributed by atoms with E-state index in [1.54, 1.807) is 7.11 Å². The van der Waals surface area contributed by atoms with Gasteiger partial charge in [0.1, 0.15) is 0 Å². The van der Waals surface area contributed by atoms with Crippen LogP contribution in [0.4, 0.5) is 0 Å². The van der Waals surface area contributed by atoms with Gasteiger partial charge in [-0.25, -0.2) is 0 Å². The minimum absolute atomic E-state index is 0.0887. The van der Waals surface area contributed by atoms with Crippen molar-refractivity contribution in [1.82, 2.24) is 0 Å². The van der Waals surface area contributed by atoms with Crippen molar-refractivity contribution in [2.45, 2.75) is 13.0 Å². The van der Waals surface area contributed by atoms with Crippen molar-refractivity contribution in [3.63, 3.8) is 0 Å². The molecule has 0 aliphatic heterocycles. The van der Waals surface area contributed by atoms with Gasteiger partial charge in [-0.2, -0.15) is 0 Å². The number of ether oxygens (including phenoxy) is 1. The Bertz CT molecular complexity index is 488. The zero-order valence-electron chi connectivity index (χ0n) is 10.3. The van der Waals surface area contributed by atoms with Gasteiger partial charge >= 0.3 is 0 Å². The second-order valence-corrected chi connectivity index (χ2v) is 4.45. The molecule has 0 aromatic heterocycles. The van der Waals surface area contributed by atoms with Crippen molar-refractivity contribution >= 4 is 10.8 Å². The average molecular weight is 230 g/mol. The highest BCUT2D eigenvalue weighted by Crippen LogP contribution is 2.28. The molecule has 2 unspecified atom stereocenters. The molecule has 2 heteroatoms. The van der Waals surface area contributed by atoms with Crippen LogP contribution in [0.25, 0.3) is 10.8 Å². The Hall–Kier alpha value is -1.38. The SMILES string of the molecule is COCC(C)C(O)c1cccc2ccccc12. The van der Waals surface area contributed by atoms with E-state index < -0.39 is 6.10 Å². The summed E-state index contributed by atoms with van der Waals surface area (Å²) < 4.78 is 5.10. The molecule has 0 aliphatic rings. The van der Waals surface area contributed by atoms with Gasteiger partial charge in [-0.3, -0.25) is 0 Å². The zero-order chi connectivity index (χ0) is 12.3. The fourth-order valence-electron chi connectivity index (χ4n) is 2.17. The second kappa shape index (κ2) is 5.30. The molecule has 2 aromatic rings. The number of methoxy groups -OCH3 is 1. The topological polar surface area (TPSA) is 29.5 Å². The third kappa shape index (κ3) is 2.48. The molecular weight excluding hydrogens is 212 g/mol. The molecule has 2 nitrogen and oxygen atoms in total. The van der Waals surface area contributed by atoms with E-state index in [2.05, 4.69) is 12.1 Å². The van der Waals surface area contributed by atoms with Gasteiger partial charge in [-0.05, 0) is 16.3 Å². The summed E-state index contributed by atoms with van der Waals surface area (Å²) in [5, 5.41) is 12.6. The molecule has 0 amide bonds. The van der Waals surface area contributed by atoms with E-state index in [0.29, 0.717) is 6.61 Å². The predicted molar refractivity (Wildman–Crippen MR) is 69.9 cm³/mol. The predicted octanol–water partition coefficient (Wildman–Crippen LogP) is 3.16. The first kappa shape index (κ1) is 12.1. The number of benzene rings is 2. The number of hydrogen-bond acceptors (Lipinski definition) is 2. The standard InChI is InChI=1S/C15H18O2/c1-11(10-17-2)15(16)14-9-5-7-12-6-3-4-8-13(12)14/h3-9,11,15-16H,10H2,1-2H3. The second-order valence-electron chi connectivity index (χ2n) is 4.45. The number of aliphatic hydroxyl groups excluding tert-OH is 1. The fourth-order valence-corrected chi connectivity index (χ4v) is 2.17. The molecular formula is C15H18O2. The molecule has 0 saturated heterocycles. The number of rotatable bonds is 4. The van der Waals surface area contributed by atoms with Gasteiger partial charge in [0.25, 0.3) is 0 Å². The normalized spacial score (nSPS) is 14.8. The van der Waals surface area contributed by atoms with Crippen molar-refractivity contribution < 1.29 is 9.84 Å². The molecule has 0 aliphatic carbocycles. The molecule has 0 saturated carbocycles. The van der Waals surface area contributed by atoms with Crippen LogP contribution >= 0.6 is 0 Å². The van der Waals surface area contributed by atoms with Crippen LogP contribution in [-0.4, -0.2) is 18.8 Å². The molecule has 0 spiro atoms. The summed E-state index contributed by atoms with van der Waals surface area (Å²) in [5.74, 6) is 0.0887. The van der Waals surface area contributed by atoms with Crippen molar-refractivity contribution in [3.05, 3.63) is 48.0 Å². The Balaban J connectivity index is 2.41. The third-order valence-electron chi connectivity index (χ3n) is 3.11. The van der Waals surface area contributed by atoms with Gasteiger partial charge in [0.2, 0.25) is 0 Å². The quantitative estimate of drug-likeness (QED) is 0.874. The molecule has 2 atom stereocenters. The van der Waals surface area contributed by atoms with Gasteiger partial charge in [-0.15, -0.1) is 0 Å². The maximum atomic E-state index is 10.3. The lowest BCUT2D eigenvalue weighted by molar-refractivity contribution is 0.0575. The van der Waals surface area contributed by atoms with Crippen LogP contribution in [0.5, 0.6) is 0 Å². The van der Waals surface area contributed by atoms with E-state index in [4.69, 9.17) is 4.74 Å². The zero-order valence-corrected chi connectivity index (χ0v) is 10.3. The van der Waals surface area contributed by atoms with Crippen molar-refractivity contribution in [1.29, 1.82) is 0 Å². The third-order valence-corrected chi connectivity index (χ3v) is 3.11. The molecule has 0 fully saturated rings. The lowest BCUT2D eigenvalue weighted by Crippen LogP contribution is -2.14. The lowest BCUT2D eigenvalue weighted by atomic mass is 9.93. The highest BCUT2D eigenvalue weighted by molar-refractivity contribution is 5.85. The van der Waals surface area contributed by atoms with E-state index in [1.165, 1.54) is 0 Å². The minimum atomic E-state index is -0.485. The number of aliphatic hydroxyl groups is 1. The fraction of sp³-hybridized carbons (Fsp3) is 0.333. The van der Waals surface area contributed by atoms with Crippen LogP contribution in [0.2, 0.25) is 0 Å². The summed E-state index contributed by atoms with van der Waals surface area (Å²) in [6.45, 7) is 2.56. The van der Waals surface area contributed by atoms with Gasteiger partial charge in [-0.1, -0.05) is 49.4 Å². The van der Waals surface area contributed by atoms with E-state index in [-0.39, 0.29) is 5.92 Å². The minimum Gasteiger partial charge on any atom is -0.388 e. The van der Waals surface area contributed by atoms with Gasteiger partial charge < -0.3 is 9.84 Å². The Morgan fingerprint density at radius 2 is 1.82 bits per heavy atom. The summed E-state index contributed by atoms with van der Waals surface area (Å²) in [4.78, 5) is 0. The molecule has 0 bridgehead atoms. The highest BCUT2D eigenvalue weighted by Gasteiger charge is 2.17. The van der Waals surface area contributed by atoms with E-state index in [9.17, 15) is 5.11 Å². The van der Waals surface area contributed by atoms with E-state index >= 15 is 0 Å². The van der Waals surface area contributed by atoms with Crippen LogP contribution < -0.4 is 0 Å². The summed E-state index contributed by atoms with van der Waals surface area (Å²) in [6.07, 6.45) is -0.485. The van der Waals surface area contributed by atoms with E-state index in [1.807, 2.05) is 37.3 Å². The molecule has 17 heavy (non-hydrogen) atoms. The lowest BCUT2D eigenvalue weighted by Gasteiger charge is -2.20. The summed E-state index contributed by atoms with van der Waals surface area (Å²) >= 11 is 0. The van der Waals surface area contributed by atoms with Crippen LogP contribution in [0.15, 0.2) is 42.5 Å². The Labute approximate surface area is 102 Å². The molecule has 2 aromatic carbocycles. The monoisotopic (exact) mass is 230 g/mol. The highest BCUT2D eigenvalue weighted by atomic mass is 16.5. The Morgan fingerprint density at radius 1 is 1.12 bits per heavy atom. The Kier molecular flexibility index (Phi) is 3.77. The maximum absolute atomic E-state index is 10.3. The van der Waals surface area contributed by atoms with E-state index in [0.717, 1.165) is 16.3 Å². The first-order valence-electron chi connectivity index (χ1n) is 5.88. The van der Waals surface area contributed by atoms with Crippen LogP contribution in [-0.2, 0) is 4.74 Å². The van der Waals surface area contributed by atoms with Crippen LogP contribution in [0.3, 0.4) is 0 Å². The first-order valence-corrected chi connectivity index (χ1v) is 5.88.